The van der Waals surface area contributed by atoms with Crippen molar-refractivity contribution in [3.63, 3.8) is 0 Å². The van der Waals surface area contributed by atoms with Gasteiger partial charge in [-0.1, -0.05) is 17.7 Å². The number of benzene rings is 2. The number of fused-ring (bicyclic) bond motifs is 1. The molecule has 0 bridgehead atoms. The fourth-order valence-electron chi connectivity index (χ4n) is 3.66. The van der Waals surface area contributed by atoms with Crippen molar-refractivity contribution in [2.24, 2.45) is 0 Å². The Bertz CT molecular complexity index is 1460. The molecule has 0 atom stereocenters. The summed E-state index contributed by atoms with van der Waals surface area (Å²) in [7, 11) is 5.09. The second-order valence-electron chi connectivity index (χ2n) is 8.70. The molecule has 0 aliphatic carbocycles. The molecule has 0 saturated carbocycles. The maximum absolute atomic E-state index is 14.4. The average Bonchev–Trinajstić information content (AvgIpc) is 2.91. The number of aromatic nitrogens is 3. The highest BCUT2D eigenvalue weighted by atomic mass is 35.5. The summed E-state index contributed by atoms with van der Waals surface area (Å²) in [6.07, 6.45) is 4.22. The molecule has 2 aromatic carbocycles. The largest absolute Gasteiger partial charge is 0.496 e. The van der Waals surface area contributed by atoms with Crippen LogP contribution in [0.4, 0.5) is 15.9 Å². The molecule has 38 heavy (non-hydrogen) atoms. The minimum Gasteiger partial charge on any atom is -0.496 e. The summed E-state index contributed by atoms with van der Waals surface area (Å²) in [4.78, 5) is 27.2. The van der Waals surface area contributed by atoms with Crippen LogP contribution in [0, 0.1) is 0 Å². The van der Waals surface area contributed by atoms with Crippen molar-refractivity contribution in [2.75, 3.05) is 33.1 Å². The van der Waals surface area contributed by atoms with Crippen LogP contribution in [-0.2, 0) is 17.8 Å². The Labute approximate surface area is 225 Å². The summed E-state index contributed by atoms with van der Waals surface area (Å²) in [5.41, 5.74) is 2.58. The number of pyridine rings is 1. The quantitative estimate of drug-likeness (QED) is 0.251. The number of Topliss-reactive ketones (excluding diaryl/α,β-unsaturated/α-hetero) is 1. The molecule has 196 valence electrons. The third-order valence-corrected chi connectivity index (χ3v) is 5.88. The first kappa shape index (κ1) is 27.0. The topological polar surface area (TPSA) is 89.5 Å². The van der Waals surface area contributed by atoms with Gasteiger partial charge >= 0.3 is 0 Å². The summed E-state index contributed by atoms with van der Waals surface area (Å²) in [6, 6.07) is 14.3. The van der Waals surface area contributed by atoms with E-state index in [1.165, 1.54) is 19.5 Å². The Balaban J connectivity index is 1.56. The van der Waals surface area contributed by atoms with Crippen LogP contribution in [0.3, 0.4) is 0 Å². The number of rotatable bonds is 11. The van der Waals surface area contributed by atoms with E-state index in [0.29, 0.717) is 51.0 Å². The van der Waals surface area contributed by atoms with Crippen molar-refractivity contribution in [1.82, 2.24) is 19.9 Å². The summed E-state index contributed by atoms with van der Waals surface area (Å²) in [5, 5.41) is 4.30. The van der Waals surface area contributed by atoms with Gasteiger partial charge in [-0.3, -0.25) is 9.78 Å². The highest BCUT2D eigenvalue weighted by Gasteiger charge is 2.17. The molecule has 0 fully saturated rings. The van der Waals surface area contributed by atoms with Crippen LogP contribution in [0.1, 0.15) is 11.3 Å². The van der Waals surface area contributed by atoms with Crippen LogP contribution in [0.5, 0.6) is 11.5 Å². The van der Waals surface area contributed by atoms with Gasteiger partial charge in [0.2, 0.25) is 0 Å². The van der Waals surface area contributed by atoms with Crippen molar-refractivity contribution in [1.29, 1.82) is 0 Å². The number of hydrogen-bond donors (Lipinski definition) is 1. The third-order valence-electron chi connectivity index (χ3n) is 5.59. The highest BCUT2D eigenvalue weighted by molar-refractivity contribution is 6.32. The van der Waals surface area contributed by atoms with E-state index in [-0.39, 0.29) is 13.0 Å². The SMILES string of the molecule is COc1cc2ncnc(Nc3ccc(OCc4ccccn4)c(Cl)c3)c2cc1CC(=O)/C(F)=C/CN(C)C. The summed E-state index contributed by atoms with van der Waals surface area (Å²) in [6.45, 7) is 0.613. The molecule has 0 amide bonds. The molecule has 4 aromatic rings. The predicted octanol–water partition coefficient (Wildman–Crippen LogP) is 5.54. The van der Waals surface area contributed by atoms with Gasteiger partial charge < -0.3 is 19.7 Å². The molecule has 0 spiro atoms. The number of nitrogens with zero attached hydrogens (tertiary/aromatic N) is 4. The Kier molecular flexibility index (Phi) is 8.83. The molecular formula is C28H27ClFN5O3. The van der Waals surface area contributed by atoms with Gasteiger partial charge in [-0.25, -0.2) is 14.4 Å². The van der Waals surface area contributed by atoms with E-state index in [2.05, 4.69) is 20.3 Å². The van der Waals surface area contributed by atoms with Crippen molar-refractivity contribution >= 4 is 39.8 Å². The van der Waals surface area contributed by atoms with E-state index in [1.807, 2.05) is 24.3 Å². The van der Waals surface area contributed by atoms with Crippen molar-refractivity contribution in [2.45, 2.75) is 13.0 Å². The zero-order valence-electron chi connectivity index (χ0n) is 21.2. The molecule has 10 heteroatoms. The minimum absolute atomic E-state index is 0.169. The number of halogens is 2. The van der Waals surface area contributed by atoms with E-state index < -0.39 is 11.6 Å². The fourth-order valence-corrected chi connectivity index (χ4v) is 3.89. The Morgan fingerprint density at radius 3 is 2.66 bits per heavy atom. The number of ether oxygens (including phenoxy) is 2. The number of nitrogens with one attached hydrogen (secondary N) is 1. The molecule has 4 rings (SSSR count). The van der Waals surface area contributed by atoms with Gasteiger partial charge in [0.15, 0.2) is 11.6 Å². The van der Waals surface area contributed by atoms with Crippen molar-refractivity contribution < 1.29 is 18.7 Å². The molecule has 0 radical (unpaired) electrons. The third kappa shape index (κ3) is 6.81. The van der Waals surface area contributed by atoms with E-state index in [9.17, 15) is 9.18 Å². The maximum atomic E-state index is 14.4. The molecule has 0 saturated heterocycles. The first-order valence-corrected chi connectivity index (χ1v) is 12.2. The van der Waals surface area contributed by atoms with Crippen LogP contribution in [-0.4, -0.2) is 53.4 Å². The smallest absolute Gasteiger partial charge is 0.195 e. The van der Waals surface area contributed by atoms with Crippen LogP contribution in [0.2, 0.25) is 5.02 Å². The van der Waals surface area contributed by atoms with Crippen molar-refractivity contribution in [3.8, 4) is 11.5 Å². The monoisotopic (exact) mass is 535 g/mol. The van der Waals surface area contributed by atoms with E-state index >= 15 is 0 Å². The zero-order chi connectivity index (χ0) is 27.1. The van der Waals surface area contributed by atoms with Crippen molar-refractivity contribution in [3.05, 3.63) is 89.2 Å². The molecule has 2 heterocycles. The van der Waals surface area contributed by atoms with Gasteiger partial charge in [0.25, 0.3) is 0 Å². The average molecular weight is 536 g/mol. The van der Waals surface area contributed by atoms with Gasteiger partial charge in [0, 0.05) is 41.9 Å². The molecule has 0 aliphatic heterocycles. The normalized spacial score (nSPS) is 11.6. The summed E-state index contributed by atoms with van der Waals surface area (Å²) >= 11 is 6.46. The summed E-state index contributed by atoms with van der Waals surface area (Å²) in [5.74, 6) is 0.0271. The Hall–Kier alpha value is -4.08. The Morgan fingerprint density at radius 1 is 1.11 bits per heavy atom. The first-order valence-electron chi connectivity index (χ1n) is 11.8. The van der Waals surface area contributed by atoms with Gasteiger partial charge in [-0.15, -0.1) is 0 Å². The standard InChI is InChI=1S/C28H27ClFN5O3/c1-35(2)11-9-23(30)25(36)13-18-12-21-24(15-27(18)37-3)32-17-33-28(21)34-19-7-8-26(22(29)14-19)38-16-20-6-4-5-10-31-20/h4-10,12,14-15,17H,11,13,16H2,1-3H3,(H,32,33,34)/b23-9-. The maximum Gasteiger partial charge on any atom is 0.195 e. The van der Waals surface area contributed by atoms with E-state index in [0.717, 1.165) is 5.69 Å². The van der Waals surface area contributed by atoms with Crippen LogP contribution in [0.15, 0.2) is 73.0 Å². The number of allylic oxidation sites excluding steroid dienone is 1. The molecular weight excluding hydrogens is 509 g/mol. The molecule has 0 aliphatic rings. The Morgan fingerprint density at radius 2 is 1.95 bits per heavy atom. The lowest BCUT2D eigenvalue weighted by Crippen LogP contribution is -2.13. The predicted molar refractivity (Wildman–Crippen MR) is 146 cm³/mol. The molecule has 1 N–H and O–H groups in total. The lowest BCUT2D eigenvalue weighted by Gasteiger charge is -2.14. The minimum atomic E-state index is -0.788. The van der Waals surface area contributed by atoms with Gasteiger partial charge in [0.05, 0.1) is 23.3 Å². The number of hydrogen-bond acceptors (Lipinski definition) is 8. The van der Waals surface area contributed by atoms with Crippen LogP contribution >= 0.6 is 11.6 Å². The molecule has 2 aromatic heterocycles. The number of methoxy groups -OCH3 is 1. The fraction of sp³-hybridized carbons (Fsp3) is 0.214. The van der Waals surface area contributed by atoms with E-state index in [4.69, 9.17) is 21.1 Å². The second kappa shape index (κ2) is 12.4. The lowest BCUT2D eigenvalue weighted by atomic mass is 10.0. The lowest BCUT2D eigenvalue weighted by molar-refractivity contribution is -0.116. The number of carbonyl (C=O) groups excluding carboxylic acids is 1. The van der Waals surface area contributed by atoms with Gasteiger partial charge in [0.1, 0.15) is 30.3 Å². The van der Waals surface area contributed by atoms with Crippen LogP contribution in [0.25, 0.3) is 10.9 Å². The number of carbonyl (C=O) groups is 1. The molecule has 0 unspecified atom stereocenters. The highest BCUT2D eigenvalue weighted by Crippen LogP contribution is 2.33. The summed E-state index contributed by atoms with van der Waals surface area (Å²) < 4.78 is 25.6. The van der Waals surface area contributed by atoms with Gasteiger partial charge in [-0.2, -0.15) is 0 Å². The first-order chi connectivity index (χ1) is 18.3. The number of anilines is 2. The number of ketones is 1. The zero-order valence-corrected chi connectivity index (χ0v) is 22.0. The van der Waals surface area contributed by atoms with Gasteiger partial charge in [-0.05, 0) is 56.6 Å². The molecule has 8 nitrogen and oxygen atoms in total. The van der Waals surface area contributed by atoms with Crippen LogP contribution < -0.4 is 14.8 Å². The van der Waals surface area contributed by atoms with E-state index in [1.54, 1.807) is 49.5 Å². The second-order valence-corrected chi connectivity index (χ2v) is 9.10. The number of likely N-dealkylation sites (N-methyl/N-ethyl adjacent to an activating group) is 1.